The van der Waals surface area contributed by atoms with Crippen molar-refractivity contribution in [1.82, 2.24) is 0 Å². The lowest BCUT2D eigenvalue weighted by Crippen LogP contribution is -2.11. The van der Waals surface area contributed by atoms with E-state index >= 15 is 0 Å². The summed E-state index contributed by atoms with van der Waals surface area (Å²) in [4.78, 5) is 2.42. The molecule has 0 aliphatic heterocycles. The average Bonchev–Trinajstić information content (AvgIpc) is 3.75. The van der Waals surface area contributed by atoms with Crippen LogP contribution in [0.2, 0.25) is 0 Å². The third kappa shape index (κ3) is 6.91. The van der Waals surface area contributed by atoms with Crippen molar-refractivity contribution in [3.8, 4) is 55.6 Å². The van der Waals surface area contributed by atoms with Crippen molar-refractivity contribution in [3.63, 3.8) is 0 Å². The molecule has 0 atom stereocenters. The highest BCUT2D eigenvalue weighted by molar-refractivity contribution is 7.25. The van der Waals surface area contributed by atoms with Crippen LogP contribution < -0.4 is 4.90 Å². The van der Waals surface area contributed by atoms with Gasteiger partial charge in [-0.25, -0.2) is 0 Å². The van der Waals surface area contributed by atoms with E-state index in [1.54, 1.807) is 0 Å². The van der Waals surface area contributed by atoms with Crippen molar-refractivity contribution in [2.24, 2.45) is 0 Å². The second kappa shape index (κ2) is 16.0. The summed E-state index contributed by atoms with van der Waals surface area (Å²) in [7, 11) is 0. The van der Waals surface area contributed by atoms with Gasteiger partial charge in [0, 0.05) is 37.1 Å². The molecule has 0 bridgehead atoms. The largest absolute Gasteiger partial charge is 0.310 e. The number of nitrogens with zero attached hydrogens (tertiary/aromatic N) is 1. The number of hydrogen-bond donors (Lipinski definition) is 0. The molecular formula is C62H41NS. The van der Waals surface area contributed by atoms with Crippen LogP contribution in [0.4, 0.5) is 17.1 Å². The molecule has 11 aromatic carbocycles. The van der Waals surface area contributed by atoms with Crippen LogP contribution in [0.15, 0.2) is 249 Å². The van der Waals surface area contributed by atoms with E-state index in [-0.39, 0.29) is 0 Å². The number of benzene rings is 11. The Morgan fingerprint density at radius 2 is 0.781 bits per heavy atom. The Bertz CT molecular complexity index is 3650. The van der Waals surface area contributed by atoms with Gasteiger partial charge in [0.2, 0.25) is 0 Å². The Hall–Kier alpha value is -8.04. The average molecular weight is 832 g/mol. The number of fused-ring (bicyclic) bond motifs is 5. The molecule has 0 saturated heterocycles. The summed E-state index contributed by atoms with van der Waals surface area (Å²) in [6.07, 6.45) is 0. The van der Waals surface area contributed by atoms with Crippen molar-refractivity contribution in [1.29, 1.82) is 0 Å². The number of rotatable bonds is 8. The summed E-state index contributed by atoms with van der Waals surface area (Å²) in [6.45, 7) is 0. The van der Waals surface area contributed by atoms with Gasteiger partial charge in [0.1, 0.15) is 0 Å². The van der Waals surface area contributed by atoms with Crippen molar-refractivity contribution in [2.45, 2.75) is 0 Å². The molecule has 1 nitrogen and oxygen atoms in total. The SMILES string of the molecule is c1cc(-c2ccc(-c3ccc4ccccc4c3)cc2)cc(N(c2ccc(-c3ccc(-c4cccc5ccccc45)cc3)cc2)c2ccccc2-c2ccc3c(c2)sc2ccccc23)c1. The van der Waals surface area contributed by atoms with Crippen molar-refractivity contribution in [2.75, 3.05) is 4.90 Å². The topological polar surface area (TPSA) is 3.24 Å². The molecule has 300 valence electrons. The normalized spacial score (nSPS) is 11.4. The number of anilines is 3. The van der Waals surface area contributed by atoms with Crippen LogP contribution in [0.5, 0.6) is 0 Å². The molecule has 12 aromatic rings. The maximum atomic E-state index is 2.42. The molecule has 1 heterocycles. The minimum atomic E-state index is 1.09. The van der Waals surface area contributed by atoms with E-state index in [9.17, 15) is 0 Å². The minimum absolute atomic E-state index is 1.09. The smallest absolute Gasteiger partial charge is 0.0540 e. The van der Waals surface area contributed by atoms with Gasteiger partial charge in [0.25, 0.3) is 0 Å². The molecule has 0 N–H and O–H groups in total. The highest BCUT2D eigenvalue weighted by atomic mass is 32.1. The third-order valence-corrected chi connectivity index (χ3v) is 13.8. The zero-order chi connectivity index (χ0) is 42.4. The van der Waals surface area contributed by atoms with Gasteiger partial charge in [-0.1, -0.05) is 200 Å². The van der Waals surface area contributed by atoms with Crippen molar-refractivity contribution >= 4 is 70.1 Å². The highest BCUT2D eigenvalue weighted by Gasteiger charge is 2.19. The monoisotopic (exact) mass is 831 g/mol. The van der Waals surface area contributed by atoms with Crippen LogP contribution in [-0.4, -0.2) is 0 Å². The molecule has 0 fully saturated rings. The van der Waals surface area contributed by atoms with Crippen LogP contribution >= 0.6 is 11.3 Å². The maximum absolute atomic E-state index is 2.42. The van der Waals surface area contributed by atoms with E-state index in [2.05, 4.69) is 254 Å². The number of para-hydroxylation sites is 1. The second-order valence-electron chi connectivity index (χ2n) is 16.5. The highest BCUT2D eigenvalue weighted by Crippen LogP contribution is 2.44. The molecule has 64 heavy (non-hydrogen) atoms. The number of hydrogen-bond acceptors (Lipinski definition) is 2. The van der Waals surface area contributed by atoms with Crippen LogP contribution in [-0.2, 0) is 0 Å². The minimum Gasteiger partial charge on any atom is -0.310 e. The molecule has 0 spiro atoms. The summed E-state index contributed by atoms with van der Waals surface area (Å²) in [5, 5.41) is 7.66. The lowest BCUT2D eigenvalue weighted by Gasteiger charge is -2.28. The molecule has 1 aromatic heterocycles. The summed E-state index contributed by atoms with van der Waals surface area (Å²) in [6, 6.07) is 91.0. The quantitative estimate of drug-likeness (QED) is 0.147. The molecule has 0 aliphatic rings. The molecule has 2 heteroatoms. The molecule has 0 unspecified atom stereocenters. The summed E-state index contributed by atoms with van der Waals surface area (Å²) in [5.41, 5.74) is 15.3. The predicted molar refractivity (Wildman–Crippen MR) is 276 cm³/mol. The van der Waals surface area contributed by atoms with E-state index in [0.29, 0.717) is 0 Å². The molecular weight excluding hydrogens is 791 g/mol. The molecule has 0 radical (unpaired) electrons. The van der Waals surface area contributed by atoms with E-state index < -0.39 is 0 Å². The summed E-state index contributed by atoms with van der Waals surface area (Å²) < 4.78 is 2.61. The summed E-state index contributed by atoms with van der Waals surface area (Å²) in [5.74, 6) is 0. The Morgan fingerprint density at radius 3 is 1.58 bits per heavy atom. The first kappa shape index (κ1) is 37.7. The Kier molecular flexibility index (Phi) is 9.43. The summed E-state index contributed by atoms with van der Waals surface area (Å²) >= 11 is 1.86. The number of thiophene rings is 1. The van der Waals surface area contributed by atoms with Crippen LogP contribution in [0, 0.1) is 0 Å². The van der Waals surface area contributed by atoms with Gasteiger partial charge >= 0.3 is 0 Å². The van der Waals surface area contributed by atoms with Crippen LogP contribution in [0.25, 0.3) is 97.4 Å². The molecule has 0 aliphatic carbocycles. The van der Waals surface area contributed by atoms with Crippen LogP contribution in [0.1, 0.15) is 0 Å². The van der Waals surface area contributed by atoms with Gasteiger partial charge in [-0.15, -0.1) is 11.3 Å². The van der Waals surface area contributed by atoms with Gasteiger partial charge < -0.3 is 4.90 Å². The van der Waals surface area contributed by atoms with E-state index in [0.717, 1.165) is 17.1 Å². The van der Waals surface area contributed by atoms with Gasteiger partial charge in [-0.2, -0.15) is 0 Å². The third-order valence-electron chi connectivity index (χ3n) is 12.7. The van der Waals surface area contributed by atoms with E-state index in [1.807, 2.05) is 11.3 Å². The Labute approximate surface area is 377 Å². The zero-order valence-electron chi connectivity index (χ0n) is 35.0. The first-order valence-electron chi connectivity index (χ1n) is 21.9. The van der Waals surface area contributed by atoms with Gasteiger partial charge in [-0.05, 0) is 120 Å². The molecule has 12 rings (SSSR count). The Balaban J connectivity index is 0.929. The predicted octanol–water partition coefficient (Wildman–Crippen LogP) is 18.2. The van der Waals surface area contributed by atoms with Gasteiger partial charge in [0.15, 0.2) is 0 Å². The van der Waals surface area contributed by atoms with Crippen molar-refractivity contribution in [3.05, 3.63) is 249 Å². The molecule has 0 amide bonds. The standard InChI is InChI=1S/C62H41NS/c1-2-13-49-39-51(32-29-42(49)11-1)46-25-23-45(24-26-46)50-15-9-16-54(40-50)63(60-21-7-5-18-57(60)52-35-38-59-58-19-6-8-22-61(58)64-62(59)41-52)53-36-33-44(34-37-53)43-27-30-48(31-28-43)56-20-10-14-47-12-3-4-17-55(47)56/h1-41H. The first-order chi connectivity index (χ1) is 31.7. The lowest BCUT2D eigenvalue weighted by atomic mass is 9.96. The fraction of sp³-hybridized carbons (Fsp3) is 0. The fourth-order valence-electron chi connectivity index (χ4n) is 9.40. The van der Waals surface area contributed by atoms with Crippen molar-refractivity contribution < 1.29 is 0 Å². The Morgan fingerprint density at radius 1 is 0.250 bits per heavy atom. The lowest BCUT2D eigenvalue weighted by molar-refractivity contribution is 1.28. The molecule has 0 saturated carbocycles. The van der Waals surface area contributed by atoms with E-state index in [1.165, 1.54) is 97.4 Å². The maximum Gasteiger partial charge on any atom is 0.0540 e. The second-order valence-corrected chi connectivity index (χ2v) is 17.6. The first-order valence-corrected chi connectivity index (χ1v) is 22.7. The van der Waals surface area contributed by atoms with Gasteiger partial charge in [-0.3, -0.25) is 0 Å². The fourth-order valence-corrected chi connectivity index (χ4v) is 10.5. The van der Waals surface area contributed by atoms with E-state index in [4.69, 9.17) is 0 Å². The van der Waals surface area contributed by atoms with Gasteiger partial charge in [0.05, 0.1) is 5.69 Å². The zero-order valence-corrected chi connectivity index (χ0v) is 35.8. The van der Waals surface area contributed by atoms with Crippen LogP contribution in [0.3, 0.4) is 0 Å².